The van der Waals surface area contributed by atoms with E-state index in [0.29, 0.717) is 29.5 Å². The molecule has 6 nitrogen and oxygen atoms in total. The largest absolute Gasteiger partial charge is 0.493 e. The van der Waals surface area contributed by atoms with E-state index in [4.69, 9.17) is 19.9 Å². The number of benzene rings is 2. The summed E-state index contributed by atoms with van der Waals surface area (Å²) in [5.41, 5.74) is 8.56. The van der Waals surface area contributed by atoms with Gasteiger partial charge in [-0.05, 0) is 35.4 Å². The third kappa shape index (κ3) is 6.20. The Morgan fingerprint density at radius 3 is 1.96 bits per heavy atom. The number of carbonyl (C=O) groups is 1. The minimum absolute atomic E-state index is 0. The smallest absolute Gasteiger partial charge is 0.203 e. The molecular formula is C19H26Cl2N2O4. The number of carbonyl (C=O) groups excluding carboxylic acids is 1. The highest BCUT2D eigenvalue weighted by Crippen LogP contribution is 2.41. The summed E-state index contributed by atoms with van der Waals surface area (Å²) in [5, 5.41) is 3.14. The summed E-state index contributed by atoms with van der Waals surface area (Å²) < 4.78 is 16.3. The average molecular weight is 417 g/mol. The first-order chi connectivity index (χ1) is 12.1. The van der Waals surface area contributed by atoms with Crippen LogP contribution in [0, 0.1) is 0 Å². The van der Waals surface area contributed by atoms with Gasteiger partial charge in [0.05, 0.1) is 27.9 Å². The maximum absolute atomic E-state index is 10.7. The quantitative estimate of drug-likeness (QED) is 0.371. The number of ether oxygens (including phenoxy) is 3. The zero-order valence-electron chi connectivity index (χ0n) is 15.6. The molecule has 0 amide bonds. The van der Waals surface area contributed by atoms with Gasteiger partial charge in [-0.3, -0.25) is 0 Å². The average Bonchev–Trinajstić information content (AvgIpc) is 2.65. The van der Waals surface area contributed by atoms with E-state index in [-0.39, 0.29) is 37.3 Å². The molecule has 0 fully saturated rings. The van der Waals surface area contributed by atoms with Crippen LogP contribution in [0.15, 0.2) is 36.4 Å². The summed E-state index contributed by atoms with van der Waals surface area (Å²) in [7, 11) is 4.75. The summed E-state index contributed by atoms with van der Waals surface area (Å²) in [6.07, 6.45) is 0.842. The number of halogens is 2. The van der Waals surface area contributed by atoms with Gasteiger partial charge in [-0.15, -0.1) is 24.8 Å². The fourth-order valence-corrected chi connectivity index (χ4v) is 2.75. The second kappa shape index (κ2) is 12.3. The van der Waals surface area contributed by atoms with Gasteiger partial charge in [-0.1, -0.05) is 12.1 Å². The molecule has 0 saturated carbocycles. The molecule has 2 aromatic carbocycles. The van der Waals surface area contributed by atoms with Crippen LogP contribution in [0.4, 0.5) is 5.69 Å². The molecule has 8 heteroatoms. The molecule has 2 rings (SSSR count). The van der Waals surface area contributed by atoms with Gasteiger partial charge in [0.2, 0.25) is 5.75 Å². The molecule has 0 bridgehead atoms. The van der Waals surface area contributed by atoms with E-state index in [9.17, 15) is 4.79 Å². The fraction of sp³-hybridized carbons (Fsp3) is 0.316. The number of nitrogen functional groups attached to an aromatic ring is 1. The highest BCUT2D eigenvalue weighted by molar-refractivity contribution is 5.85. The highest BCUT2D eigenvalue weighted by atomic mass is 35.5. The van der Waals surface area contributed by atoms with Gasteiger partial charge in [-0.25, -0.2) is 0 Å². The van der Waals surface area contributed by atoms with Gasteiger partial charge in [0.1, 0.15) is 6.29 Å². The van der Waals surface area contributed by atoms with E-state index in [1.807, 2.05) is 36.4 Å². The third-order valence-corrected chi connectivity index (χ3v) is 4.00. The van der Waals surface area contributed by atoms with E-state index < -0.39 is 0 Å². The molecule has 0 saturated heterocycles. The molecule has 0 aliphatic heterocycles. The first-order valence-corrected chi connectivity index (χ1v) is 7.94. The number of aldehydes is 1. The molecule has 0 aliphatic carbocycles. The Hall–Kier alpha value is -2.15. The Kier molecular flexibility index (Phi) is 11.3. The second-order valence-corrected chi connectivity index (χ2v) is 5.50. The van der Waals surface area contributed by atoms with E-state index >= 15 is 0 Å². The van der Waals surface area contributed by atoms with Crippen molar-refractivity contribution in [2.24, 2.45) is 0 Å². The van der Waals surface area contributed by atoms with Gasteiger partial charge in [0.25, 0.3) is 0 Å². The van der Waals surface area contributed by atoms with E-state index in [1.54, 1.807) is 21.3 Å². The Bertz CT molecular complexity index is 686. The molecule has 0 aliphatic rings. The number of hydrogen-bond donors (Lipinski definition) is 2. The zero-order chi connectivity index (χ0) is 18.2. The highest BCUT2D eigenvalue weighted by Gasteiger charge is 2.20. The van der Waals surface area contributed by atoms with Crippen LogP contribution in [0.1, 0.15) is 17.0 Å². The zero-order valence-corrected chi connectivity index (χ0v) is 17.2. The van der Waals surface area contributed by atoms with Gasteiger partial charge in [0, 0.05) is 18.2 Å². The summed E-state index contributed by atoms with van der Waals surface area (Å²) in [6.45, 7) is 0.872. The van der Waals surface area contributed by atoms with E-state index in [1.165, 1.54) is 0 Å². The Balaban J connectivity index is 0.00000338. The Morgan fingerprint density at radius 2 is 1.52 bits per heavy atom. The molecule has 3 N–H and O–H groups in total. The summed E-state index contributed by atoms with van der Waals surface area (Å²) in [6, 6.07) is 11.5. The van der Waals surface area contributed by atoms with Crippen LogP contribution < -0.4 is 25.3 Å². The summed E-state index contributed by atoms with van der Waals surface area (Å²) in [4.78, 5) is 10.7. The summed E-state index contributed by atoms with van der Waals surface area (Å²) >= 11 is 0. The van der Waals surface area contributed by atoms with Crippen molar-refractivity contribution in [3.63, 3.8) is 0 Å². The molecule has 0 spiro atoms. The van der Waals surface area contributed by atoms with Crippen LogP contribution in [-0.2, 0) is 4.79 Å². The Morgan fingerprint density at radius 1 is 0.963 bits per heavy atom. The van der Waals surface area contributed by atoms with Crippen molar-refractivity contribution in [3.8, 4) is 17.2 Å². The molecule has 27 heavy (non-hydrogen) atoms. The first-order valence-electron chi connectivity index (χ1n) is 7.94. The van der Waals surface area contributed by atoms with Crippen molar-refractivity contribution in [1.29, 1.82) is 0 Å². The maximum Gasteiger partial charge on any atom is 0.203 e. The Labute approximate surface area is 172 Å². The molecule has 0 heterocycles. The van der Waals surface area contributed by atoms with Crippen LogP contribution in [0.2, 0.25) is 0 Å². The van der Waals surface area contributed by atoms with Crippen LogP contribution in [0.3, 0.4) is 0 Å². The number of anilines is 1. The van der Waals surface area contributed by atoms with Crippen LogP contribution >= 0.6 is 24.8 Å². The molecule has 150 valence electrons. The number of nitrogens with one attached hydrogen (secondary N) is 1. The predicted octanol–water partition coefficient (Wildman–Crippen LogP) is 3.06. The second-order valence-electron chi connectivity index (χ2n) is 5.50. The van der Waals surface area contributed by atoms with Crippen LogP contribution in [0.5, 0.6) is 17.2 Å². The minimum Gasteiger partial charge on any atom is -0.493 e. The van der Waals surface area contributed by atoms with Gasteiger partial charge < -0.3 is 30.1 Å². The lowest BCUT2D eigenvalue weighted by atomic mass is 9.90. The van der Waals surface area contributed by atoms with Crippen molar-refractivity contribution in [3.05, 3.63) is 47.5 Å². The standard InChI is InChI=1S/C19H24N2O4.2ClH/c1-23-17-10-14(11-18(24-2)19(17)25-3)16(12-21-8-9-22)13-4-6-15(20)7-5-13;;/h4-7,9-11,16,21H,8,12,20H2,1-3H3;2*1H. The van der Waals surface area contributed by atoms with Gasteiger partial charge >= 0.3 is 0 Å². The van der Waals surface area contributed by atoms with Gasteiger partial charge in [-0.2, -0.15) is 0 Å². The number of nitrogens with two attached hydrogens (primary N) is 1. The van der Waals surface area contributed by atoms with E-state index in [2.05, 4.69) is 5.32 Å². The van der Waals surface area contributed by atoms with Crippen molar-refractivity contribution < 1.29 is 19.0 Å². The van der Waals surface area contributed by atoms with Crippen LogP contribution in [0.25, 0.3) is 0 Å². The van der Waals surface area contributed by atoms with Crippen LogP contribution in [-0.4, -0.2) is 40.7 Å². The third-order valence-electron chi connectivity index (χ3n) is 4.00. The predicted molar refractivity (Wildman–Crippen MR) is 112 cm³/mol. The molecule has 1 unspecified atom stereocenters. The monoisotopic (exact) mass is 416 g/mol. The SMILES string of the molecule is COc1cc(C(CNCC=O)c2ccc(N)cc2)cc(OC)c1OC.Cl.Cl. The molecule has 1 atom stereocenters. The molecule has 0 aromatic heterocycles. The maximum atomic E-state index is 10.7. The summed E-state index contributed by atoms with van der Waals surface area (Å²) in [5.74, 6) is 1.72. The first kappa shape index (κ1) is 24.8. The normalized spacial score (nSPS) is 10.8. The van der Waals surface area contributed by atoms with Crippen molar-refractivity contribution in [2.75, 3.05) is 40.2 Å². The fourth-order valence-electron chi connectivity index (χ4n) is 2.75. The van der Waals surface area contributed by atoms with Crippen molar-refractivity contribution in [2.45, 2.75) is 5.92 Å². The van der Waals surface area contributed by atoms with Crippen molar-refractivity contribution >= 4 is 36.8 Å². The number of methoxy groups -OCH3 is 3. The van der Waals surface area contributed by atoms with Crippen molar-refractivity contribution in [1.82, 2.24) is 5.32 Å². The lowest BCUT2D eigenvalue weighted by Crippen LogP contribution is -2.24. The number of hydrogen-bond acceptors (Lipinski definition) is 6. The number of rotatable bonds is 9. The van der Waals surface area contributed by atoms with E-state index in [0.717, 1.165) is 17.4 Å². The van der Waals surface area contributed by atoms with Gasteiger partial charge in [0.15, 0.2) is 11.5 Å². The topological polar surface area (TPSA) is 82.8 Å². The molecule has 0 radical (unpaired) electrons. The lowest BCUT2D eigenvalue weighted by molar-refractivity contribution is -0.107. The minimum atomic E-state index is -0.00532. The molecule has 2 aromatic rings. The lowest BCUT2D eigenvalue weighted by Gasteiger charge is -2.21. The molecular weight excluding hydrogens is 391 g/mol.